The average molecular weight is 427 g/mol. The van der Waals surface area contributed by atoms with Gasteiger partial charge in [-0.25, -0.2) is 0 Å². The highest BCUT2D eigenvalue weighted by molar-refractivity contribution is 7.95. The normalized spacial score (nSPS) is 11.5. The minimum Gasteiger partial charge on any atom is -0.307 e. The maximum atomic E-state index is 14.3. The van der Waals surface area contributed by atoms with E-state index in [1.807, 2.05) is 71.0 Å². The van der Waals surface area contributed by atoms with Crippen LogP contribution in [0.3, 0.4) is 0 Å². The predicted octanol–water partition coefficient (Wildman–Crippen LogP) is 7.08. The molecule has 0 atom stereocenters. The van der Waals surface area contributed by atoms with E-state index in [4.69, 9.17) is 0 Å². The molecule has 0 aromatic heterocycles. The molecule has 2 aromatic carbocycles. The third kappa shape index (κ3) is 4.67. The maximum absolute atomic E-state index is 14.3. The van der Waals surface area contributed by atoms with Crippen molar-refractivity contribution in [3.05, 3.63) is 69.8 Å². The Hall–Kier alpha value is -1.99. The summed E-state index contributed by atoms with van der Waals surface area (Å²) in [4.78, 5) is 27.7. The lowest BCUT2D eigenvalue weighted by molar-refractivity contribution is 0.103. The Morgan fingerprint density at radius 3 is 1.27 bits per heavy atom. The number of carbonyl (C=O) groups is 2. The number of aryl methyl sites for hydroxylation is 4. The van der Waals surface area contributed by atoms with Gasteiger partial charge in [0.05, 0.1) is 0 Å². The molecular weight excluding hydrogens is 391 g/mol. The molecule has 0 aliphatic carbocycles. The molecule has 0 unspecified atom stereocenters. The molecule has 4 heteroatoms. The SMILES string of the molecule is CCCCP(=O)(C(=O)c1c(CC)cccc1CC)C(=O)c1c(CC)cccc1CC. The van der Waals surface area contributed by atoms with Crippen molar-refractivity contribution in [1.82, 2.24) is 0 Å². The molecule has 0 heterocycles. The van der Waals surface area contributed by atoms with Gasteiger partial charge in [0, 0.05) is 17.3 Å². The number of rotatable bonds is 11. The lowest BCUT2D eigenvalue weighted by atomic mass is 9.98. The molecule has 0 radical (unpaired) electrons. The van der Waals surface area contributed by atoms with Gasteiger partial charge in [0.25, 0.3) is 0 Å². The van der Waals surface area contributed by atoms with Crippen LogP contribution in [0.2, 0.25) is 0 Å². The second kappa shape index (κ2) is 10.9. The summed E-state index contributed by atoms with van der Waals surface area (Å²) in [5, 5.41) is 0. The van der Waals surface area contributed by atoms with Crippen molar-refractivity contribution in [3.8, 4) is 0 Å². The van der Waals surface area contributed by atoms with E-state index in [1.54, 1.807) is 0 Å². The quantitative estimate of drug-likeness (QED) is 0.361. The highest BCUT2D eigenvalue weighted by atomic mass is 31.2. The first-order valence-corrected chi connectivity index (χ1v) is 13.2. The first kappa shape index (κ1) is 24.3. The molecule has 0 spiro atoms. The Morgan fingerprint density at radius 1 is 0.667 bits per heavy atom. The second-order valence-corrected chi connectivity index (χ2v) is 10.5. The topological polar surface area (TPSA) is 51.2 Å². The van der Waals surface area contributed by atoms with Crippen LogP contribution in [0.4, 0.5) is 0 Å². The first-order valence-electron chi connectivity index (χ1n) is 11.3. The summed E-state index contributed by atoms with van der Waals surface area (Å²) < 4.78 is 14.3. The molecule has 2 aromatic rings. The maximum Gasteiger partial charge on any atom is 0.229 e. The van der Waals surface area contributed by atoms with Crippen LogP contribution >= 0.6 is 7.14 Å². The van der Waals surface area contributed by atoms with Crippen molar-refractivity contribution in [1.29, 1.82) is 0 Å². The van der Waals surface area contributed by atoms with E-state index in [2.05, 4.69) is 0 Å². The van der Waals surface area contributed by atoms with Crippen LogP contribution in [0.25, 0.3) is 0 Å². The van der Waals surface area contributed by atoms with Crippen molar-refractivity contribution in [3.63, 3.8) is 0 Å². The fourth-order valence-corrected chi connectivity index (χ4v) is 6.72. The average Bonchev–Trinajstić information content (AvgIpc) is 2.79. The third-order valence-electron chi connectivity index (χ3n) is 5.91. The number of benzene rings is 2. The lowest BCUT2D eigenvalue weighted by Gasteiger charge is -2.22. The van der Waals surface area contributed by atoms with Gasteiger partial charge in [-0.2, -0.15) is 0 Å². The van der Waals surface area contributed by atoms with Crippen molar-refractivity contribution in [2.45, 2.75) is 73.1 Å². The Labute approximate surface area is 181 Å². The van der Waals surface area contributed by atoms with Gasteiger partial charge in [-0.15, -0.1) is 0 Å². The van der Waals surface area contributed by atoms with Gasteiger partial charge >= 0.3 is 0 Å². The molecule has 0 bridgehead atoms. The van der Waals surface area contributed by atoms with Gasteiger partial charge in [0.1, 0.15) is 0 Å². The van der Waals surface area contributed by atoms with Crippen LogP contribution < -0.4 is 0 Å². The van der Waals surface area contributed by atoms with E-state index in [1.165, 1.54) is 0 Å². The number of unbranched alkanes of at least 4 members (excludes halogenated alkanes) is 1. The van der Waals surface area contributed by atoms with Gasteiger partial charge in [-0.05, 0) is 54.4 Å². The molecular formula is C26H35O3P. The van der Waals surface area contributed by atoms with E-state index in [0.717, 1.165) is 28.7 Å². The van der Waals surface area contributed by atoms with E-state index in [0.29, 0.717) is 43.2 Å². The molecule has 30 heavy (non-hydrogen) atoms. The summed E-state index contributed by atoms with van der Waals surface area (Å²) in [5.74, 6) is 0. The van der Waals surface area contributed by atoms with Gasteiger partial charge in [0.2, 0.25) is 18.2 Å². The van der Waals surface area contributed by atoms with E-state index < -0.39 is 18.2 Å². The zero-order valence-electron chi connectivity index (χ0n) is 19.1. The van der Waals surface area contributed by atoms with E-state index in [-0.39, 0.29) is 6.16 Å². The van der Waals surface area contributed by atoms with Crippen molar-refractivity contribution < 1.29 is 14.2 Å². The molecule has 0 saturated carbocycles. The largest absolute Gasteiger partial charge is 0.307 e. The summed E-state index contributed by atoms with van der Waals surface area (Å²) >= 11 is 0. The monoisotopic (exact) mass is 426 g/mol. The molecule has 0 fully saturated rings. The molecule has 3 nitrogen and oxygen atoms in total. The fraction of sp³-hybridized carbons (Fsp3) is 0.462. The predicted molar refractivity (Wildman–Crippen MR) is 126 cm³/mol. The molecule has 0 saturated heterocycles. The van der Waals surface area contributed by atoms with Crippen LogP contribution in [-0.4, -0.2) is 17.2 Å². The van der Waals surface area contributed by atoms with Crippen molar-refractivity contribution in [2.24, 2.45) is 0 Å². The highest BCUT2D eigenvalue weighted by Gasteiger charge is 2.42. The zero-order valence-corrected chi connectivity index (χ0v) is 20.0. The number of carbonyl (C=O) groups excluding carboxylic acids is 2. The Kier molecular flexibility index (Phi) is 8.79. The lowest BCUT2D eigenvalue weighted by Crippen LogP contribution is -2.19. The molecule has 0 N–H and O–H groups in total. The van der Waals surface area contributed by atoms with Crippen LogP contribution in [-0.2, 0) is 30.2 Å². The van der Waals surface area contributed by atoms with Gasteiger partial charge in [0.15, 0.2) is 0 Å². The van der Waals surface area contributed by atoms with E-state index in [9.17, 15) is 14.2 Å². The van der Waals surface area contributed by atoms with Crippen LogP contribution in [0.15, 0.2) is 36.4 Å². The summed E-state index contributed by atoms with van der Waals surface area (Å²) in [7, 11) is -3.80. The Morgan fingerprint density at radius 2 is 1.00 bits per heavy atom. The van der Waals surface area contributed by atoms with Crippen molar-refractivity contribution in [2.75, 3.05) is 6.16 Å². The summed E-state index contributed by atoms with van der Waals surface area (Å²) in [6, 6.07) is 11.5. The number of hydrogen-bond acceptors (Lipinski definition) is 3. The smallest absolute Gasteiger partial charge is 0.229 e. The minimum atomic E-state index is -3.80. The van der Waals surface area contributed by atoms with Crippen molar-refractivity contribution >= 4 is 18.2 Å². The fourth-order valence-electron chi connectivity index (χ4n) is 4.07. The van der Waals surface area contributed by atoms with Gasteiger partial charge < -0.3 is 4.57 Å². The summed E-state index contributed by atoms with van der Waals surface area (Å²) in [6.45, 7) is 9.96. The summed E-state index contributed by atoms with van der Waals surface area (Å²) in [6.07, 6.45) is 4.21. The van der Waals surface area contributed by atoms with Crippen LogP contribution in [0, 0.1) is 0 Å². The van der Waals surface area contributed by atoms with E-state index >= 15 is 0 Å². The van der Waals surface area contributed by atoms with Gasteiger partial charge in [-0.3, -0.25) is 9.59 Å². The molecule has 0 aliphatic rings. The standard InChI is InChI=1S/C26H35O3P/c1-6-11-18-30(29,25(27)23-19(7-2)14-12-15-20(23)8-3)26(28)24-21(9-4)16-13-17-22(24)10-5/h12-17H,6-11,18H2,1-5H3. The number of hydrogen-bond donors (Lipinski definition) is 0. The third-order valence-corrected chi connectivity index (χ3v) is 8.61. The molecule has 0 aliphatic heterocycles. The molecule has 2 rings (SSSR count). The molecule has 0 amide bonds. The zero-order chi connectivity index (χ0) is 22.3. The first-order chi connectivity index (χ1) is 14.4. The summed E-state index contributed by atoms with van der Waals surface area (Å²) in [5.41, 5.74) is 3.66. The Balaban J connectivity index is 2.73. The second-order valence-electron chi connectivity index (χ2n) is 7.74. The van der Waals surface area contributed by atoms with Crippen LogP contribution in [0.1, 0.15) is 90.4 Å². The minimum absolute atomic E-state index is 0.142. The molecule has 162 valence electrons. The van der Waals surface area contributed by atoms with Gasteiger partial charge in [-0.1, -0.05) is 77.4 Å². The van der Waals surface area contributed by atoms with Crippen LogP contribution in [0.5, 0.6) is 0 Å². The highest BCUT2D eigenvalue weighted by Crippen LogP contribution is 2.54. The Bertz CT molecular complexity index is 843.